The highest BCUT2D eigenvalue weighted by molar-refractivity contribution is 7.89. The first-order valence-corrected chi connectivity index (χ1v) is 8.80. The summed E-state index contributed by atoms with van der Waals surface area (Å²) in [5.74, 6) is 0. The zero-order chi connectivity index (χ0) is 16.9. The largest absolute Gasteiger partial charge is 0.395 e. The number of benzene rings is 2. The SMILES string of the molecule is Cc1ccc(S(=O)(=O)N(CCO)C[C@H](O)c2ccccc2)cc1. The number of aryl methyl sites for hydroxylation is 1. The van der Waals surface area contributed by atoms with Crippen molar-refractivity contribution >= 4 is 10.0 Å². The number of sulfonamides is 1. The molecule has 2 aromatic rings. The van der Waals surface area contributed by atoms with Crippen molar-refractivity contribution in [3.63, 3.8) is 0 Å². The molecule has 23 heavy (non-hydrogen) atoms. The standard InChI is InChI=1S/C17H21NO4S/c1-14-7-9-16(10-8-14)23(21,22)18(11-12-19)13-17(20)15-5-3-2-4-6-15/h2-10,17,19-20H,11-13H2,1H3/t17-/m0/s1. The van der Waals surface area contributed by atoms with E-state index in [2.05, 4.69) is 0 Å². The highest BCUT2D eigenvalue weighted by atomic mass is 32.2. The van der Waals surface area contributed by atoms with Gasteiger partial charge in [0.15, 0.2) is 0 Å². The lowest BCUT2D eigenvalue weighted by atomic mass is 10.1. The van der Waals surface area contributed by atoms with E-state index in [9.17, 15) is 18.6 Å². The summed E-state index contributed by atoms with van der Waals surface area (Å²) in [6.07, 6.45) is -0.956. The maximum atomic E-state index is 12.7. The quantitative estimate of drug-likeness (QED) is 0.807. The zero-order valence-corrected chi connectivity index (χ0v) is 13.8. The molecule has 0 spiro atoms. The maximum absolute atomic E-state index is 12.7. The monoisotopic (exact) mass is 335 g/mol. The van der Waals surface area contributed by atoms with E-state index in [4.69, 9.17) is 0 Å². The summed E-state index contributed by atoms with van der Waals surface area (Å²) in [5, 5.41) is 19.5. The van der Waals surface area contributed by atoms with E-state index in [-0.39, 0.29) is 24.6 Å². The van der Waals surface area contributed by atoms with Gasteiger partial charge >= 0.3 is 0 Å². The zero-order valence-electron chi connectivity index (χ0n) is 13.0. The Bertz CT molecular complexity index is 714. The summed E-state index contributed by atoms with van der Waals surface area (Å²) in [5.41, 5.74) is 1.59. The average Bonchev–Trinajstić information content (AvgIpc) is 2.55. The Kier molecular flexibility index (Phi) is 5.90. The summed E-state index contributed by atoms with van der Waals surface area (Å²) in [4.78, 5) is 0.150. The van der Waals surface area contributed by atoms with Crippen LogP contribution in [0.3, 0.4) is 0 Å². The lowest BCUT2D eigenvalue weighted by Crippen LogP contribution is -2.37. The molecule has 0 aliphatic carbocycles. The van der Waals surface area contributed by atoms with Crippen LogP contribution in [0, 0.1) is 6.92 Å². The highest BCUT2D eigenvalue weighted by Crippen LogP contribution is 2.20. The predicted octanol–water partition coefficient (Wildman–Crippen LogP) is 1.71. The van der Waals surface area contributed by atoms with Gasteiger partial charge in [0.25, 0.3) is 0 Å². The number of aliphatic hydroxyl groups is 2. The molecule has 0 unspecified atom stereocenters. The first-order valence-electron chi connectivity index (χ1n) is 7.36. The smallest absolute Gasteiger partial charge is 0.243 e. The molecule has 0 saturated heterocycles. The van der Waals surface area contributed by atoms with Crippen molar-refractivity contribution in [3.8, 4) is 0 Å². The lowest BCUT2D eigenvalue weighted by molar-refractivity contribution is 0.138. The Morgan fingerprint density at radius 1 is 1.04 bits per heavy atom. The number of nitrogens with zero attached hydrogens (tertiary/aromatic N) is 1. The molecule has 0 radical (unpaired) electrons. The second-order valence-electron chi connectivity index (χ2n) is 5.33. The van der Waals surface area contributed by atoms with Crippen molar-refractivity contribution in [1.29, 1.82) is 0 Å². The molecular weight excluding hydrogens is 314 g/mol. The molecule has 0 heterocycles. The van der Waals surface area contributed by atoms with Gasteiger partial charge in [0.1, 0.15) is 0 Å². The van der Waals surface area contributed by atoms with Gasteiger partial charge in [0.2, 0.25) is 10.0 Å². The van der Waals surface area contributed by atoms with E-state index in [1.807, 2.05) is 13.0 Å². The van der Waals surface area contributed by atoms with Gasteiger partial charge in [-0.05, 0) is 24.6 Å². The van der Waals surface area contributed by atoms with Crippen LogP contribution in [0.5, 0.6) is 0 Å². The summed E-state index contributed by atoms with van der Waals surface area (Å²) in [6.45, 7) is 1.38. The van der Waals surface area contributed by atoms with Crippen molar-refractivity contribution in [3.05, 3.63) is 65.7 Å². The van der Waals surface area contributed by atoms with E-state index < -0.39 is 16.1 Å². The van der Waals surface area contributed by atoms with Crippen molar-refractivity contribution in [2.45, 2.75) is 17.9 Å². The van der Waals surface area contributed by atoms with Gasteiger partial charge in [-0.1, -0.05) is 48.0 Å². The van der Waals surface area contributed by atoms with Crippen molar-refractivity contribution < 1.29 is 18.6 Å². The molecule has 2 N–H and O–H groups in total. The summed E-state index contributed by atoms with van der Waals surface area (Å²) < 4.78 is 26.5. The molecule has 2 aromatic carbocycles. The molecule has 5 nitrogen and oxygen atoms in total. The first-order chi connectivity index (χ1) is 10.9. The number of rotatable bonds is 7. The van der Waals surface area contributed by atoms with E-state index in [1.54, 1.807) is 36.4 Å². The second kappa shape index (κ2) is 7.70. The van der Waals surface area contributed by atoms with Crippen LogP contribution >= 0.6 is 0 Å². The fourth-order valence-electron chi connectivity index (χ4n) is 2.25. The van der Waals surface area contributed by atoms with Gasteiger partial charge in [0.05, 0.1) is 17.6 Å². The van der Waals surface area contributed by atoms with Crippen molar-refractivity contribution in [1.82, 2.24) is 4.31 Å². The Morgan fingerprint density at radius 2 is 1.65 bits per heavy atom. The topological polar surface area (TPSA) is 77.8 Å². The van der Waals surface area contributed by atoms with Crippen LogP contribution in [0.2, 0.25) is 0 Å². The van der Waals surface area contributed by atoms with Gasteiger partial charge in [-0.2, -0.15) is 4.31 Å². The molecule has 0 bridgehead atoms. The Morgan fingerprint density at radius 3 is 2.22 bits per heavy atom. The molecule has 0 aliphatic rings. The molecule has 6 heteroatoms. The van der Waals surface area contributed by atoms with Crippen LogP contribution in [0.4, 0.5) is 0 Å². The van der Waals surface area contributed by atoms with Crippen LogP contribution in [0.25, 0.3) is 0 Å². The lowest BCUT2D eigenvalue weighted by Gasteiger charge is -2.24. The van der Waals surface area contributed by atoms with E-state index in [0.717, 1.165) is 9.87 Å². The molecule has 0 aliphatic heterocycles. The maximum Gasteiger partial charge on any atom is 0.243 e. The summed E-state index contributed by atoms with van der Waals surface area (Å²) in [6, 6.07) is 15.4. The second-order valence-corrected chi connectivity index (χ2v) is 7.26. The van der Waals surface area contributed by atoms with E-state index in [1.165, 1.54) is 12.1 Å². The first kappa shape index (κ1) is 17.6. The third-order valence-electron chi connectivity index (χ3n) is 3.57. The number of aliphatic hydroxyl groups excluding tert-OH is 2. The van der Waals surface area contributed by atoms with Crippen LogP contribution in [-0.2, 0) is 10.0 Å². The minimum atomic E-state index is -3.77. The van der Waals surface area contributed by atoms with Gasteiger partial charge in [0, 0.05) is 13.1 Å². The fraction of sp³-hybridized carbons (Fsp3) is 0.294. The van der Waals surface area contributed by atoms with Gasteiger partial charge < -0.3 is 10.2 Å². The molecule has 0 amide bonds. The van der Waals surface area contributed by atoms with Crippen LogP contribution in [0.1, 0.15) is 17.2 Å². The van der Waals surface area contributed by atoms with Crippen molar-refractivity contribution in [2.75, 3.05) is 19.7 Å². The van der Waals surface area contributed by atoms with Crippen LogP contribution < -0.4 is 0 Å². The van der Waals surface area contributed by atoms with Gasteiger partial charge in [-0.15, -0.1) is 0 Å². The molecule has 0 aromatic heterocycles. The third-order valence-corrected chi connectivity index (χ3v) is 5.45. The van der Waals surface area contributed by atoms with Crippen LogP contribution in [0.15, 0.2) is 59.5 Å². The Labute approximate surface area is 136 Å². The minimum absolute atomic E-state index is 0.0693. The summed E-state index contributed by atoms with van der Waals surface area (Å²) >= 11 is 0. The highest BCUT2D eigenvalue weighted by Gasteiger charge is 2.26. The summed E-state index contributed by atoms with van der Waals surface area (Å²) in [7, 11) is -3.77. The van der Waals surface area contributed by atoms with E-state index >= 15 is 0 Å². The average molecular weight is 335 g/mol. The van der Waals surface area contributed by atoms with Crippen LogP contribution in [-0.4, -0.2) is 42.6 Å². The fourth-order valence-corrected chi connectivity index (χ4v) is 3.69. The molecule has 0 fully saturated rings. The number of hydrogen-bond acceptors (Lipinski definition) is 4. The third kappa shape index (κ3) is 4.39. The molecule has 1 atom stereocenters. The molecule has 0 saturated carbocycles. The normalized spacial score (nSPS) is 13.2. The van der Waals surface area contributed by atoms with Crippen molar-refractivity contribution in [2.24, 2.45) is 0 Å². The van der Waals surface area contributed by atoms with Gasteiger partial charge in [-0.3, -0.25) is 0 Å². The van der Waals surface area contributed by atoms with Gasteiger partial charge in [-0.25, -0.2) is 8.42 Å². The molecule has 2 rings (SSSR count). The predicted molar refractivity (Wildman–Crippen MR) is 88.4 cm³/mol. The Balaban J connectivity index is 2.25. The molecule has 124 valence electrons. The minimum Gasteiger partial charge on any atom is -0.395 e. The molecular formula is C17H21NO4S. The Hall–Kier alpha value is -1.73. The number of hydrogen-bond donors (Lipinski definition) is 2. The van der Waals surface area contributed by atoms with E-state index in [0.29, 0.717) is 5.56 Å².